The van der Waals surface area contributed by atoms with Crippen molar-refractivity contribution < 1.29 is 9.90 Å². The van der Waals surface area contributed by atoms with E-state index in [0.29, 0.717) is 5.92 Å². The molecule has 0 aliphatic carbocycles. The Morgan fingerprint density at radius 1 is 1.70 bits per heavy atom. The van der Waals surface area contributed by atoms with Crippen molar-refractivity contribution in [2.75, 3.05) is 19.6 Å². The smallest absolute Gasteiger partial charge is 0.317 e. The number of hydrogen-bond donors (Lipinski definition) is 1. The van der Waals surface area contributed by atoms with Crippen molar-refractivity contribution in [2.45, 2.75) is 6.92 Å². The Balaban J connectivity index is 0.000000810. The molecule has 0 radical (unpaired) electrons. The van der Waals surface area contributed by atoms with Gasteiger partial charge in [-0.2, -0.15) is 0 Å². The summed E-state index contributed by atoms with van der Waals surface area (Å²) in [5.41, 5.74) is 0. The van der Waals surface area contributed by atoms with Crippen LogP contribution < -0.4 is 0 Å². The number of carboxylic acids is 1. The molecule has 3 nitrogen and oxygen atoms in total. The number of nitrogens with zero attached hydrogens (tertiary/aromatic N) is 1. The minimum Gasteiger partial charge on any atom is -0.480 e. The van der Waals surface area contributed by atoms with Crippen molar-refractivity contribution >= 4 is 18.4 Å². The number of likely N-dealkylation sites (tertiary alicyclic amines) is 1. The van der Waals surface area contributed by atoms with E-state index >= 15 is 0 Å². The summed E-state index contributed by atoms with van der Waals surface area (Å²) in [6.07, 6.45) is 0. The molecule has 4 heteroatoms. The van der Waals surface area contributed by atoms with E-state index in [0.717, 1.165) is 13.1 Å². The minimum absolute atomic E-state index is 0. The van der Waals surface area contributed by atoms with Crippen molar-refractivity contribution in [2.24, 2.45) is 5.92 Å². The summed E-state index contributed by atoms with van der Waals surface area (Å²) in [5, 5.41) is 8.29. The van der Waals surface area contributed by atoms with Gasteiger partial charge < -0.3 is 5.11 Å². The van der Waals surface area contributed by atoms with Crippen LogP contribution in [0.5, 0.6) is 0 Å². The van der Waals surface area contributed by atoms with Gasteiger partial charge in [-0.15, -0.1) is 12.4 Å². The average molecular weight is 166 g/mol. The van der Waals surface area contributed by atoms with Crippen LogP contribution in [-0.4, -0.2) is 35.6 Å². The van der Waals surface area contributed by atoms with E-state index < -0.39 is 5.97 Å². The number of rotatable bonds is 2. The van der Waals surface area contributed by atoms with Crippen LogP contribution in [0.25, 0.3) is 0 Å². The third-order valence-corrected chi connectivity index (χ3v) is 1.50. The van der Waals surface area contributed by atoms with Gasteiger partial charge >= 0.3 is 5.97 Å². The number of carbonyl (C=O) groups is 1. The minimum atomic E-state index is -0.720. The maximum Gasteiger partial charge on any atom is 0.317 e. The molecule has 1 fully saturated rings. The van der Waals surface area contributed by atoms with Gasteiger partial charge in [-0.25, -0.2) is 0 Å². The molecule has 1 rings (SSSR count). The van der Waals surface area contributed by atoms with Gasteiger partial charge in [-0.3, -0.25) is 9.69 Å². The fourth-order valence-corrected chi connectivity index (χ4v) is 1.15. The van der Waals surface area contributed by atoms with Gasteiger partial charge in [0.2, 0.25) is 0 Å². The zero-order valence-corrected chi connectivity index (χ0v) is 6.73. The van der Waals surface area contributed by atoms with E-state index in [2.05, 4.69) is 6.92 Å². The number of hydrogen-bond acceptors (Lipinski definition) is 2. The summed E-state index contributed by atoms with van der Waals surface area (Å²) in [4.78, 5) is 12.0. The van der Waals surface area contributed by atoms with E-state index in [1.165, 1.54) is 0 Å². The van der Waals surface area contributed by atoms with Crippen LogP contribution in [-0.2, 0) is 4.79 Å². The standard InChI is InChI=1S/C6H11NO2.ClH/c1-5-2-7(3-5)4-6(8)9;/h5H,2-4H2,1H3,(H,8,9);1H. The Kier molecular flexibility index (Phi) is 3.68. The lowest BCUT2D eigenvalue weighted by Crippen LogP contribution is -2.47. The predicted molar refractivity (Wildman–Crippen MR) is 40.5 cm³/mol. The van der Waals surface area contributed by atoms with Crippen LogP contribution >= 0.6 is 12.4 Å². The second kappa shape index (κ2) is 3.78. The maximum absolute atomic E-state index is 10.1. The second-order valence-electron chi connectivity index (χ2n) is 2.69. The van der Waals surface area contributed by atoms with E-state index in [-0.39, 0.29) is 19.0 Å². The Labute approximate surface area is 66.4 Å². The molecule has 0 unspecified atom stereocenters. The molecule has 0 aromatic heterocycles. The van der Waals surface area contributed by atoms with Gasteiger partial charge in [0.1, 0.15) is 0 Å². The van der Waals surface area contributed by atoms with Crippen LogP contribution in [0.2, 0.25) is 0 Å². The van der Waals surface area contributed by atoms with E-state index in [1.807, 2.05) is 4.90 Å². The summed E-state index contributed by atoms with van der Waals surface area (Å²) >= 11 is 0. The molecule has 0 amide bonds. The molecular weight excluding hydrogens is 154 g/mol. The molecule has 0 bridgehead atoms. The second-order valence-corrected chi connectivity index (χ2v) is 2.69. The van der Waals surface area contributed by atoms with Crippen molar-refractivity contribution in [3.05, 3.63) is 0 Å². The molecule has 60 valence electrons. The predicted octanol–water partition coefficient (Wildman–Crippen LogP) is 0.444. The summed E-state index contributed by atoms with van der Waals surface area (Å²) in [7, 11) is 0. The Hall–Kier alpha value is -0.280. The lowest BCUT2D eigenvalue weighted by Gasteiger charge is -2.35. The quantitative estimate of drug-likeness (QED) is 0.646. The van der Waals surface area contributed by atoms with E-state index in [4.69, 9.17) is 5.11 Å². The van der Waals surface area contributed by atoms with Gasteiger partial charge in [0.15, 0.2) is 0 Å². The molecular formula is C6H12ClNO2. The summed E-state index contributed by atoms with van der Waals surface area (Å²) < 4.78 is 0. The highest BCUT2D eigenvalue weighted by molar-refractivity contribution is 5.85. The van der Waals surface area contributed by atoms with E-state index in [9.17, 15) is 4.79 Å². The zero-order valence-electron chi connectivity index (χ0n) is 5.91. The fraction of sp³-hybridized carbons (Fsp3) is 0.833. The molecule has 1 heterocycles. The highest BCUT2D eigenvalue weighted by Gasteiger charge is 2.23. The summed E-state index contributed by atoms with van der Waals surface area (Å²) in [5.74, 6) is -0.0220. The normalized spacial score (nSPS) is 19.3. The largest absolute Gasteiger partial charge is 0.480 e. The molecule has 1 aliphatic rings. The summed E-state index contributed by atoms with van der Waals surface area (Å²) in [6, 6.07) is 0. The first-order valence-corrected chi connectivity index (χ1v) is 3.12. The molecule has 0 atom stereocenters. The number of halogens is 1. The first kappa shape index (κ1) is 9.72. The number of aliphatic carboxylic acids is 1. The molecule has 1 saturated heterocycles. The Morgan fingerprint density at radius 2 is 2.20 bits per heavy atom. The monoisotopic (exact) mass is 165 g/mol. The summed E-state index contributed by atoms with van der Waals surface area (Å²) in [6.45, 7) is 4.24. The lowest BCUT2D eigenvalue weighted by atomic mass is 10.0. The molecule has 1 aliphatic heterocycles. The van der Waals surface area contributed by atoms with Crippen LogP contribution in [0, 0.1) is 5.92 Å². The maximum atomic E-state index is 10.1. The van der Waals surface area contributed by atoms with Crippen molar-refractivity contribution in [3.63, 3.8) is 0 Å². The molecule has 0 spiro atoms. The third-order valence-electron chi connectivity index (χ3n) is 1.50. The highest BCUT2D eigenvalue weighted by Crippen LogP contribution is 2.12. The van der Waals surface area contributed by atoms with Gasteiger partial charge in [0.05, 0.1) is 6.54 Å². The lowest BCUT2D eigenvalue weighted by molar-refractivity contribution is -0.139. The topological polar surface area (TPSA) is 40.5 Å². The Morgan fingerprint density at radius 3 is 2.50 bits per heavy atom. The first-order chi connectivity index (χ1) is 4.18. The number of carboxylic acid groups (broad SMARTS) is 1. The molecule has 1 N–H and O–H groups in total. The van der Waals surface area contributed by atoms with Crippen molar-refractivity contribution in [1.82, 2.24) is 4.90 Å². The molecule has 0 aromatic rings. The Bertz CT molecular complexity index is 123. The fourth-order valence-electron chi connectivity index (χ4n) is 1.15. The van der Waals surface area contributed by atoms with Gasteiger partial charge in [0.25, 0.3) is 0 Å². The first-order valence-electron chi connectivity index (χ1n) is 3.12. The zero-order chi connectivity index (χ0) is 6.85. The van der Waals surface area contributed by atoms with E-state index in [1.54, 1.807) is 0 Å². The third kappa shape index (κ3) is 2.54. The van der Waals surface area contributed by atoms with Crippen LogP contribution in [0.1, 0.15) is 6.92 Å². The van der Waals surface area contributed by atoms with Gasteiger partial charge in [0, 0.05) is 13.1 Å². The highest BCUT2D eigenvalue weighted by atomic mass is 35.5. The SMILES string of the molecule is CC1CN(CC(=O)O)C1.Cl. The van der Waals surface area contributed by atoms with Gasteiger partial charge in [-0.1, -0.05) is 6.92 Å². The molecule has 0 saturated carbocycles. The molecule has 10 heavy (non-hydrogen) atoms. The van der Waals surface area contributed by atoms with Gasteiger partial charge in [-0.05, 0) is 5.92 Å². The van der Waals surface area contributed by atoms with Crippen LogP contribution in [0.4, 0.5) is 0 Å². The average Bonchev–Trinajstić information content (AvgIpc) is 1.60. The van der Waals surface area contributed by atoms with Crippen molar-refractivity contribution in [1.29, 1.82) is 0 Å². The van der Waals surface area contributed by atoms with Crippen LogP contribution in [0.3, 0.4) is 0 Å². The van der Waals surface area contributed by atoms with Crippen molar-refractivity contribution in [3.8, 4) is 0 Å². The van der Waals surface area contributed by atoms with Crippen LogP contribution in [0.15, 0.2) is 0 Å². The molecule has 0 aromatic carbocycles.